The third kappa shape index (κ3) is 2.25. The van der Waals surface area contributed by atoms with Crippen LogP contribution in [0.25, 0.3) is 0 Å². The number of rotatable bonds is 5. The summed E-state index contributed by atoms with van der Waals surface area (Å²) in [7, 11) is 0. The van der Waals surface area contributed by atoms with Gasteiger partial charge in [0.25, 0.3) is 0 Å². The average Bonchev–Trinajstić information content (AvgIpc) is 3.11. The maximum Gasteiger partial charge on any atom is 0.237 e. The summed E-state index contributed by atoms with van der Waals surface area (Å²) in [6.07, 6.45) is 2.20. The van der Waals surface area contributed by atoms with E-state index < -0.39 is 5.54 Å². The Bertz CT molecular complexity index is 373. The Morgan fingerprint density at radius 1 is 1.44 bits per heavy atom. The molecule has 1 saturated carbocycles. The second-order valence-electron chi connectivity index (χ2n) is 4.68. The van der Waals surface area contributed by atoms with Crippen LogP contribution in [0.2, 0.25) is 0 Å². The van der Waals surface area contributed by atoms with Crippen LogP contribution in [-0.2, 0) is 11.3 Å². The molecule has 2 rings (SSSR count). The van der Waals surface area contributed by atoms with E-state index >= 15 is 0 Å². The zero-order valence-electron chi connectivity index (χ0n) is 9.57. The van der Waals surface area contributed by atoms with Gasteiger partial charge in [0.15, 0.2) is 0 Å². The lowest BCUT2D eigenvalue weighted by Gasteiger charge is -2.27. The van der Waals surface area contributed by atoms with Crippen LogP contribution in [0.3, 0.4) is 0 Å². The SMILES string of the molecule is CC(NCc1ccccc1)(C(N)=O)C1CC1. The molecule has 1 amide bonds. The molecule has 1 fully saturated rings. The molecule has 16 heavy (non-hydrogen) atoms. The van der Waals surface area contributed by atoms with Crippen LogP contribution in [-0.4, -0.2) is 11.4 Å². The van der Waals surface area contributed by atoms with E-state index in [9.17, 15) is 4.79 Å². The van der Waals surface area contributed by atoms with Gasteiger partial charge in [-0.1, -0.05) is 30.3 Å². The highest BCUT2D eigenvalue weighted by molar-refractivity contribution is 5.85. The molecule has 1 unspecified atom stereocenters. The summed E-state index contributed by atoms with van der Waals surface area (Å²) in [5.41, 5.74) is 6.11. The first kappa shape index (κ1) is 11.1. The van der Waals surface area contributed by atoms with Crippen molar-refractivity contribution < 1.29 is 4.79 Å². The lowest BCUT2D eigenvalue weighted by atomic mass is 9.94. The Hall–Kier alpha value is -1.35. The van der Waals surface area contributed by atoms with Crippen LogP contribution in [0.1, 0.15) is 25.3 Å². The van der Waals surface area contributed by atoms with Crippen LogP contribution in [0.4, 0.5) is 0 Å². The average molecular weight is 218 g/mol. The molecule has 0 radical (unpaired) electrons. The molecule has 0 spiro atoms. The van der Waals surface area contributed by atoms with Gasteiger partial charge < -0.3 is 5.73 Å². The van der Waals surface area contributed by atoms with Crippen molar-refractivity contribution in [3.63, 3.8) is 0 Å². The summed E-state index contributed by atoms with van der Waals surface area (Å²) in [6, 6.07) is 10.1. The Balaban J connectivity index is 2.00. The van der Waals surface area contributed by atoms with E-state index in [0.717, 1.165) is 12.8 Å². The number of benzene rings is 1. The van der Waals surface area contributed by atoms with Gasteiger partial charge in [-0.3, -0.25) is 10.1 Å². The van der Waals surface area contributed by atoms with E-state index in [0.29, 0.717) is 12.5 Å². The minimum atomic E-state index is -0.546. The minimum absolute atomic E-state index is 0.245. The van der Waals surface area contributed by atoms with E-state index in [1.54, 1.807) is 0 Å². The van der Waals surface area contributed by atoms with Gasteiger partial charge in [-0.25, -0.2) is 0 Å². The third-order valence-electron chi connectivity index (χ3n) is 3.41. The highest BCUT2D eigenvalue weighted by Crippen LogP contribution is 2.39. The number of carbonyl (C=O) groups is 1. The van der Waals surface area contributed by atoms with E-state index in [-0.39, 0.29) is 5.91 Å². The molecule has 1 atom stereocenters. The summed E-state index contributed by atoms with van der Waals surface area (Å²) in [4.78, 5) is 11.5. The van der Waals surface area contributed by atoms with Gasteiger partial charge in [-0.2, -0.15) is 0 Å². The maximum atomic E-state index is 11.5. The molecule has 1 aliphatic carbocycles. The molecular formula is C13H18N2O. The predicted octanol–water partition coefficient (Wildman–Crippen LogP) is 1.43. The van der Waals surface area contributed by atoms with Gasteiger partial charge in [0.2, 0.25) is 5.91 Å². The van der Waals surface area contributed by atoms with Crippen molar-refractivity contribution in [1.82, 2.24) is 5.32 Å². The lowest BCUT2D eigenvalue weighted by Crippen LogP contribution is -2.54. The van der Waals surface area contributed by atoms with Gasteiger partial charge in [0, 0.05) is 6.54 Å². The van der Waals surface area contributed by atoms with Crippen molar-refractivity contribution in [1.29, 1.82) is 0 Å². The van der Waals surface area contributed by atoms with Gasteiger partial charge in [-0.15, -0.1) is 0 Å². The van der Waals surface area contributed by atoms with Gasteiger partial charge >= 0.3 is 0 Å². The van der Waals surface area contributed by atoms with Crippen LogP contribution < -0.4 is 11.1 Å². The monoisotopic (exact) mass is 218 g/mol. The number of nitrogens with two attached hydrogens (primary N) is 1. The number of carbonyl (C=O) groups excluding carboxylic acids is 1. The maximum absolute atomic E-state index is 11.5. The Morgan fingerprint density at radius 3 is 2.56 bits per heavy atom. The number of hydrogen-bond donors (Lipinski definition) is 2. The zero-order chi connectivity index (χ0) is 11.6. The molecule has 1 aliphatic rings. The second-order valence-corrected chi connectivity index (χ2v) is 4.68. The standard InChI is InChI=1S/C13H18N2O/c1-13(12(14)16,11-7-8-11)15-9-10-5-3-2-4-6-10/h2-6,11,15H,7-9H2,1H3,(H2,14,16). The van der Waals surface area contributed by atoms with E-state index in [1.165, 1.54) is 5.56 Å². The highest BCUT2D eigenvalue weighted by atomic mass is 16.1. The van der Waals surface area contributed by atoms with E-state index in [1.807, 2.05) is 37.3 Å². The fourth-order valence-electron chi connectivity index (χ4n) is 1.97. The fourth-order valence-corrected chi connectivity index (χ4v) is 1.97. The lowest BCUT2D eigenvalue weighted by molar-refractivity contribution is -0.124. The fraction of sp³-hybridized carbons (Fsp3) is 0.462. The van der Waals surface area contributed by atoms with E-state index in [4.69, 9.17) is 5.73 Å². The predicted molar refractivity (Wildman–Crippen MR) is 63.6 cm³/mol. The molecule has 1 aromatic carbocycles. The van der Waals surface area contributed by atoms with Gasteiger partial charge in [0.1, 0.15) is 0 Å². The molecule has 3 nitrogen and oxygen atoms in total. The smallest absolute Gasteiger partial charge is 0.237 e. The van der Waals surface area contributed by atoms with Crippen LogP contribution >= 0.6 is 0 Å². The van der Waals surface area contributed by atoms with Crippen molar-refractivity contribution in [3.05, 3.63) is 35.9 Å². The first-order chi connectivity index (χ1) is 7.63. The van der Waals surface area contributed by atoms with Crippen molar-refractivity contribution in [2.75, 3.05) is 0 Å². The molecule has 86 valence electrons. The topological polar surface area (TPSA) is 55.1 Å². The minimum Gasteiger partial charge on any atom is -0.368 e. The Kier molecular flexibility index (Phi) is 2.97. The normalized spacial score (nSPS) is 19.1. The quantitative estimate of drug-likeness (QED) is 0.785. The third-order valence-corrected chi connectivity index (χ3v) is 3.41. The number of hydrogen-bond acceptors (Lipinski definition) is 2. The van der Waals surface area contributed by atoms with Crippen molar-refractivity contribution in [2.45, 2.75) is 31.8 Å². The molecule has 0 bridgehead atoms. The number of primary amides is 1. The first-order valence-corrected chi connectivity index (χ1v) is 5.72. The molecule has 3 N–H and O–H groups in total. The molecule has 0 aromatic heterocycles. The van der Waals surface area contributed by atoms with Crippen molar-refractivity contribution in [3.8, 4) is 0 Å². The Morgan fingerprint density at radius 2 is 2.06 bits per heavy atom. The highest BCUT2D eigenvalue weighted by Gasteiger charge is 2.45. The number of nitrogens with one attached hydrogen (secondary N) is 1. The molecule has 3 heteroatoms. The van der Waals surface area contributed by atoms with Crippen LogP contribution in [0.15, 0.2) is 30.3 Å². The molecule has 0 saturated heterocycles. The summed E-state index contributed by atoms with van der Waals surface area (Å²) in [6.45, 7) is 2.60. The van der Waals surface area contributed by atoms with E-state index in [2.05, 4.69) is 5.32 Å². The first-order valence-electron chi connectivity index (χ1n) is 5.72. The molecular weight excluding hydrogens is 200 g/mol. The van der Waals surface area contributed by atoms with Gasteiger partial charge in [0.05, 0.1) is 5.54 Å². The summed E-state index contributed by atoms with van der Waals surface area (Å²) in [5, 5.41) is 3.30. The van der Waals surface area contributed by atoms with Crippen LogP contribution in [0.5, 0.6) is 0 Å². The van der Waals surface area contributed by atoms with Crippen molar-refractivity contribution in [2.24, 2.45) is 11.7 Å². The largest absolute Gasteiger partial charge is 0.368 e. The van der Waals surface area contributed by atoms with Crippen LogP contribution in [0, 0.1) is 5.92 Å². The summed E-state index contributed by atoms with van der Waals surface area (Å²) in [5.74, 6) is 0.166. The zero-order valence-corrected chi connectivity index (χ0v) is 9.57. The second kappa shape index (κ2) is 4.26. The molecule has 0 aliphatic heterocycles. The van der Waals surface area contributed by atoms with Gasteiger partial charge in [-0.05, 0) is 31.2 Å². The molecule has 1 aromatic rings. The molecule has 0 heterocycles. The van der Waals surface area contributed by atoms with Crippen molar-refractivity contribution >= 4 is 5.91 Å². The number of amides is 1. The summed E-state index contributed by atoms with van der Waals surface area (Å²) < 4.78 is 0. The Labute approximate surface area is 96.0 Å². The summed E-state index contributed by atoms with van der Waals surface area (Å²) >= 11 is 0.